The fraction of sp³-hybridized carbons (Fsp3) is 0.667. The molecular formula is C12H19N3O3. The van der Waals surface area contributed by atoms with Gasteiger partial charge in [-0.15, -0.1) is 0 Å². The molecule has 18 heavy (non-hydrogen) atoms. The van der Waals surface area contributed by atoms with Gasteiger partial charge in [0.15, 0.2) is 5.78 Å². The zero-order chi connectivity index (χ0) is 13.9. The lowest BCUT2D eigenvalue weighted by Gasteiger charge is -2.06. The summed E-state index contributed by atoms with van der Waals surface area (Å²) in [7, 11) is 0. The summed E-state index contributed by atoms with van der Waals surface area (Å²) in [6.07, 6.45) is 0.987. The molecule has 0 saturated carbocycles. The average molecular weight is 253 g/mol. The van der Waals surface area contributed by atoms with Crippen LogP contribution in [0.3, 0.4) is 0 Å². The molecule has 1 aromatic heterocycles. The van der Waals surface area contributed by atoms with Gasteiger partial charge in [-0.1, -0.05) is 27.7 Å². The molecule has 1 rings (SSSR count). The Kier molecular flexibility index (Phi) is 4.58. The maximum atomic E-state index is 11.7. The van der Waals surface area contributed by atoms with E-state index in [9.17, 15) is 14.9 Å². The monoisotopic (exact) mass is 253 g/mol. The van der Waals surface area contributed by atoms with Crippen molar-refractivity contribution in [1.82, 2.24) is 9.78 Å². The summed E-state index contributed by atoms with van der Waals surface area (Å²) in [5.41, 5.74) is 1.05. The van der Waals surface area contributed by atoms with Crippen LogP contribution in [-0.2, 0) is 24.2 Å². The van der Waals surface area contributed by atoms with Crippen LogP contribution >= 0.6 is 0 Å². The fourth-order valence-electron chi connectivity index (χ4n) is 1.80. The van der Waals surface area contributed by atoms with Crippen LogP contribution in [0, 0.1) is 16.0 Å². The van der Waals surface area contributed by atoms with Gasteiger partial charge in [0.05, 0.1) is 4.92 Å². The summed E-state index contributed by atoms with van der Waals surface area (Å²) in [5, 5.41) is 15.3. The van der Waals surface area contributed by atoms with E-state index in [2.05, 4.69) is 5.10 Å². The molecule has 0 N–H and O–H groups in total. The number of aryl methyl sites for hydroxylation is 1. The molecule has 0 unspecified atom stereocenters. The van der Waals surface area contributed by atoms with E-state index in [4.69, 9.17) is 0 Å². The number of Topliss-reactive ketones (excluding diaryl/α,β-unsaturated/α-hetero) is 1. The van der Waals surface area contributed by atoms with Gasteiger partial charge in [0.25, 0.3) is 0 Å². The first-order chi connectivity index (χ1) is 8.42. The third-order valence-electron chi connectivity index (χ3n) is 2.90. The first kappa shape index (κ1) is 14.3. The van der Waals surface area contributed by atoms with E-state index in [-0.39, 0.29) is 23.9 Å². The van der Waals surface area contributed by atoms with Crippen molar-refractivity contribution in [1.29, 1.82) is 0 Å². The highest BCUT2D eigenvalue weighted by atomic mass is 16.6. The predicted octanol–water partition coefficient (Wildman–Crippen LogP) is 2.14. The van der Waals surface area contributed by atoms with Crippen molar-refractivity contribution in [2.75, 3.05) is 0 Å². The second kappa shape index (κ2) is 5.75. The predicted molar refractivity (Wildman–Crippen MR) is 67.5 cm³/mol. The van der Waals surface area contributed by atoms with Gasteiger partial charge in [-0.3, -0.25) is 19.6 Å². The van der Waals surface area contributed by atoms with Crippen molar-refractivity contribution in [3.8, 4) is 0 Å². The van der Waals surface area contributed by atoms with Crippen LogP contribution in [-0.4, -0.2) is 20.5 Å². The van der Waals surface area contributed by atoms with E-state index >= 15 is 0 Å². The lowest BCUT2D eigenvalue weighted by Crippen LogP contribution is -2.18. The molecule has 6 heteroatoms. The molecule has 6 nitrogen and oxygen atoms in total. The fourth-order valence-corrected chi connectivity index (χ4v) is 1.80. The normalized spacial score (nSPS) is 10.9. The van der Waals surface area contributed by atoms with Crippen molar-refractivity contribution < 1.29 is 9.72 Å². The molecule has 0 aliphatic carbocycles. The number of carbonyl (C=O) groups is 1. The quantitative estimate of drug-likeness (QED) is 0.574. The molecule has 0 aliphatic heterocycles. The second-order valence-electron chi connectivity index (χ2n) is 4.48. The molecule has 1 aromatic rings. The number of aromatic nitrogens is 2. The van der Waals surface area contributed by atoms with Crippen molar-refractivity contribution in [2.24, 2.45) is 5.92 Å². The highest BCUT2D eigenvalue weighted by Gasteiger charge is 2.26. The van der Waals surface area contributed by atoms with Gasteiger partial charge in [-0.05, 0) is 12.8 Å². The van der Waals surface area contributed by atoms with Crippen LogP contribution in [0.15, 0.2) is 0 Å². The van der Waals surface area contributed by atoms with E-state index in [1.165, 1.54) is 4.68 Å². The Morgan fingerprint density at radius 1 is 1.39 bits per heavy atom. The van der Waals surface area contributed by atoms with E-state index in [0.29, 0.717) is 24.2 Å². The van der Waals surface area contributed by atoms with E-state index in [1.807, 2.05) is 27.7 Å². The molecule has 100 valence electrons. The van der Waals surface area contributed by atoms with E-state index in [1.54, 1.807) is 0 Å². The van der Waals surface area contributed by atoms with Gasteiger partial charge in [0.2, 0.25) is 0 Å². The number of carbonyl (C=O) groups excluding carboxylic acids is 1. The number of nitro groups is 1. The summed E-state index contributed by atoms with van der Waals surface area (Å²) >= 11 is 0. The average Bonchev–Trinajstić information content (AvgIpc) is 2.66. The third-order valence-corrected chi connectivity index (χ3v) is 2.90. The Morgan fingerprint density at radius 2 is 2.00 bits per heavy atom. The summed E-state index contributed by atoms with van der Waals surface area (Å²) in [6.45, 7) is 7.39. The van der Waals surface area contributed by atoms with Crippen molar-refractivity contribution in [3.63, 3.8) is 0 Å². The largest absolute Gasteiger partial charge is 0.313 e. The molecule has 0 bridgehead atoms. The molecule has 0 fully saturated rings. The van der Waals surface area contributed by atoms with Crippen LogP contribution < -0.4 is 0 Å². The lowest BCUT2D eigenvalue weighted by atomic mass is 10.1. The lowest BCUT2D eigenvalue weighted by molar-refractivity contribution is -0.386. The molecular weight excluding hydrogens is 234 g/mol. The minimum atomic E-state index is -0.402. The minimum absolute atomic E-state index is 0.0322. The molecule has 0 saturated heterocycles. The summed E-state index contributed by atoms with van der Waals surface area (Å²) in [4.78, 5) is 22.4. The van der Waals surface area contributed by atoms with Crippen molar-refractivity contribution in [3.05, 3.63) is 21.5 Å². The van der Waals surface area contributed by atoms with Crippen LogP contribution in [0.2, 0.25) is 0 Å². The molecule has 0 aromatic carbocycles. The highest BCUT2D eigenvalue weighted by molar-refractivity contribution is 5.80. The molecule has 0 amide bonds. The zero-order valence-corrected chi connectivity index (χ0v) is 11.3. The standard InChI is InChI=1S/C12H19N3O3/c1-5-9-12(15(17)18)10(6-2)14(13-9)7-11(16)8(3)4/h8H,5-7H2,1-4H3. The topological polar surface area (TPSA) is 78.0 Å². The van der Waals surface area contributed by atoms with Crippen LogP contribution in [0.25, 0.3) is 0 Å². The number of hydrogen-bond donors (Lipinski definition) is 0. The van der Waals surface area contributed by atoms with Crippen molar-refractivity contribution in [2.45, 2.75) is 47.1 Å². The Hall–Kier alpha value is -1.72. The molecule has 0 radical (unpaired) electrons. The maximum Gasteiger partial charge on any atom is 0.313 e. The number of hydrogen-bond acceptors (Lipinski definition) is 4. The van der Waals surface area contributed by atoms with Gasteiger partial charge in [-0.2, -0.15) is 5.10 Å². The summed E-state index contributed by atoms with van der Waals surface area (Å²) < 4.78 is 1.49. The number of rotatable bonds is 6. The van der Waals surface area contributed by atoms with Crippen LogP contribution in [0.5, 0.6) is 0 Å². The first-order valence-electron chi connectivity index (χ1n) is 6.17. The van der Waals surface area contributed by atoms with Crippen LogP contribution in [0.4, 0.5) is 5.69 Å². The zero-order valence-electron chi connectivity index (χ0n) is 11.3. The molecule has 1 heterocycles. The van der Waals surface area contributed by atoms with Gasteiger partial charge < -0.3 is 0 Å². The van der Waals surface area contributed by atoms with Gasteiger partial charge in [0.1, 0.15) is 17.9 Å². The minimum Gasteiger partial charge on any atom is -0.297 e. The first-order valence-corrected chi connectivity index (χ1v) is 6.17. The van der Waals surface area contributed by atoms with E-state index < -0.39 is 4.92 Å². The smallest absolute Gasteiger partial charge is 0.297 e. The van der Waals surface area contributed by atoms with Crippen molar-refractivity contribution >= 4 is 11.5 Å². The maximum absolute atomic E-state index is 11.7. The Balaban J connectivity index is 3.20. The van der Waals surface area contributed by atoms with E-state index in [0.717, 1.165) is 0 Å². The summed E-state index contributed by atoms with van der Waals surface area (Å²) in [6, 6.07) is 0. The molecule has 0 spiro atoms. The van der Waals surface area contributed by atoms with Gasteiger partial charge in [-0.25, -0.2) is 0 Å². The molecule has 0 aliphatic rings. The molecule has 0 atom stereocenters. The SMILES string of the molecule is CCc1nn(CC(=O)C(C)C)c(CC)c1[N+](=O)[O-]. The summed E-state index contributed by atoms with van der Waals surface area (Å²) in [5.74, 6) is -0.0622. The number of ketones is 1. The Labute approximate surface area is 106 Å². The van der Waals surface area contributed by atoms with Crippen LogP contribution in [0.1, 0.15) is 39.1 Å². The Morgan fingerprint density at radius 3 is 2.39 bits per heavy atom. The van der Waals surface area contributed by atoms with Gasteiger partial charge in [0, 0.05) is 5.92 Å². The third kappa shape index (κ3) is 2.75. The highest BCUT2D eigenvalue weighted by Crippen LogP contribution is 2.24. The number of nitrogens with zero attached hydrogens (tertiary/aromatic N) is 3. The Bertz CT molecular complexity index is 463. The second-order valence-corrected chi connectivity index (χ2v) is 4.48. The van der Waals surface area contributed by atoms with Gasteiger partial charge >= 0.3 is 5.69 Å².